The van der Waals surface area contributed by atoms with Crippen molar-refractivity contribution in [2.24, 2.45) is 0 Å². The van der Waals surface area contributed by atoms with Gasteiger partial charge in [0.15, 0.2) is 11.5 Å². The molecule has 1 aromatic carbocycles. The van der Waals surface area contributed by atoms with Gasteiger partial charge in [0.2, 0.25) is 18.6 Å². The second-order valence-corrected chi connectivity index (χ2v) is 7.97. The summed E-state index contributed by atoms with van der Waals surface area (Å²) in [5, 5.41) is -0.736. The SMILES string of the molecule is COCCN(CC(=O)N(Cc1ccc2c(c1)OCO2)Cc1ccc(C)o1)C(=O)C(C)Cl. The molecule has 0 saturated carbocycles. The van der Waals surface area contributed by atoms with Crippen LogP contribution in [0.1, 0.15) is 24.0 Å². The first-order valence-electron chi connectivity index (χ1n) is 10.0. The van der Waals surface area contributed by atoms with Crippen LogP contribution in [0.25, 0.3) is 0 Å². The van der Waals surface area contributed by atoms with Gasteiger partial charge >= 0.3 is 0 Å². The minimum Gasteiger partial charge on any atom is -0.464 e. The molecule has 168 valence electrons. The molecular weight excluding hydrogens is 424 g/mol. The van der Waals surface area contributed by atoms with Gasteiger partial charge in [-0.3, -0.25) is 9.59 Å². The van der Waals surface area contributed by atoms with E-state index in [4.69, 9.17) is 30.2 Å². The number of amides is 2. The Kier molecular flexibility index (Phi) is 7.81. The molecule has 1 unspecified atom stereocenters. The predicted molar refractivity (Wildman–Crippen MR) is 114 cm³/mol. The number of carbonyl (C=O) groups excluding carboxylic acids is 2. The number of rotatable bonds is 10. The van der Waals surface area contributed by atoms with Gasteiger partial charge in [-0.1, -0.05) is 6.07 Å². The Morgan fingerprint density at radius 3 is 2.58 bits per heavy atom. The van der Waals surface area contributed by atoms with Crippen molar-refractivity contribution in [3.63, 3.8) is 0 Å². The minimum atomic E-state index is -0.736. The fraction of sp³-hybridized carbons (Fsp3) is 0.455. The largest absolute Gasteiger partial charge is 0.464 e. The van der Waals surface area contributed by atoms with Gasteiger partial charge in [0.1, 0.15) is 16.9 Å². The Morgan fingerprint density at radius 1 is 1.13 bits per heavy atom. The molecule has 2 amide bonds. The second-order valence-electron chi connectivity index (χ2n) is 7.32. The number of carbonyl (C=O) groups is 2. The van der Waals surface area contributed by atoms with Gasteiger partial charge in [-0.05, 0) is 43.7 Å². The molecule has 0 spiro atoms. The molecule has 2 aromatic rings. The summed E-state index contributed by atoms with van der Waals surface area (Å²) in [4.78, 5) is 28.8. The molecule has 9 heteroatoms. The highest BCUT2D eigenvalue weighted by atomic mass is 35.5. The normalized spacial score (nSPS) is 13.2. The lowest BCUT2D eigenvalue weighted by Crippen LogP contribution is -2.45. The molecule has 0 radical (unpaired) electrons. The molecular formula is C22H27ClN2O6. The Bertz CT molecular complexity index is 913. The topological polar surface area (TPSA) is 81.5 Å². The summed E-state index contributed by atoms with van der Waals surface area (Å²) in [7, 11) is 1.54. The molecule has 3 rings (SSSR count). The van der Waals surface area contributed by atoms with Crippen LogP contribution in [0, 0.1) is 6.92 Å². The highest BCUT2D eigenvalue weighted by Gasteiger charge is 2.25. The smallest absolute Gasteiger partial charge is 0.242 e. The lowest BCUT2D eigenvalue weighted by atomic mass is 10.2. The Morgan fingerprint density at radius 2 is 1.90 bits per heavy atom. The third-order valence-electron chi connectivity index (χ3n) is 4.85. The Labute approximate surface area is 186 Å². The fourth-order valence-electron chi connectivity index (χ4n) is 3.23. The van der Waals surface area contributed by atoms with Crippen molar-refractivity contribution in [3.8, 4) is 11.5 Å². The van der Waals surface area contributed by atoms with Crippen molar-refractivity contribution in [2.45, 2.75) is 32.3 Å². The number of methoxy groups -OCH3 is 1. The van der Waals surface area contributed by atoms with Gasteiger partial charge in [-0.2, -0.15) is 0 Å². The highest BCUT2D eigenvalue weighted by molar-refractivity contribution is 6.30. The average Bonchev–Trinajstić information content (AvgIpc) is 3.37. The van der Waals surface area contributed by atoms with E-state index in [2.05, 4.69) is 0 Å². The molecule has 2 heterocycles. The zero-order chi connectivity index (χ0) is 22.4. The van der Waals surface area contributed by atoms with Crippen LogP contribution in [0.15, 0.2) is 34.7 Å². The number of furan rings is 1. The number of hydrogen-bond acceptors (Lipinski definition) is 6. The lowest BCUT2D eigenvalue weighted by Gasteiger charge is -2.28. The summed E-state index contributed by atoms with van der Waals surface area (Å²) < 4.78 is 21.6. The number of halogens is 1. The van der Waals surface area contributed by atoms with Crippen molar-refractivity contribution in [1.29, 1.82) is 0 Å². The molecule has 0 bridgehead atoms. The van der Waals surface area contributed by atoms with E-state index < -0.39 is 5.38 Å². The van der Waals surface area contributed by atoms with E-state index in [-0.39, 0.29) is 38.2 Å². The number of benzene rings is 1. The van der Waals surface area contributed by atoms with E-state index >= 15 is 0 Å². The second kappa shape index (κ2) is 10.5. The number of fused-ring (bicyclic) bond motifs is 1. The number of alkyl halides is 1. The zero-order valence-electron chi connectivity index (χ0n) is 17.9. The average molecular weight is 451 g/mol. The standard InChI is InChI=1S/C22H27ClN2O6/c1-15-4-6-18(31-15)12-25(11-17-5-7-19-20(10-17)30-14-29-19)21(26)13-24(8-9-28-3)22(27)16(2)23/h4-7,10,16H,8-9,11-14H2,1-3H3. The third kappa shape index (κ3) is 6.15. The maximum absolute atomic E-state index is 13.2. The van der Waals surface area contributed by atoms with Crippen LogP contribution in [-0.4, -0.2) is 60.6 Å². The maximum atomic E-state index is 13.2. The van der Waals surface area contributed by atoms with Crippen molar-refractivity contribution < 1.29 is 28.2 Å². The molecule has 1 aliphatic rings. The number of ether oxygens (including phenoxy) is 3. The van der Waals surface area contributed by atoms with Crippen LogP contribution in [-0.2, 0) is 27.4 Å². The fourth-order valence-corrected chi connectivity index (χ4v) is 3.37. The molecule has 1 atom stereocenters. The van der Waals surface area contributed by atoms with E-state index in [0.29, 0.717) is 30.4 Å². The van der Waals surface area contributed by atoms with Crippen molar-refractivity contribution in [3.05, 3.63) is 47.4 Å². The zero-order valence-corrected chi connectivity index (χ0v) is 18.7. The summed E-state index contributed by atoms with van der Waals surface area (Å²) in [6.45, 7) is 4.67. The summed E-state index contributed by atoms with van der Waals surface area (Å²) in [5.74, 6) is 2.20. The van der Waals surface area contributed by atoms with Crippen LogP contribution >= 0.6 is 11.6 Å². The van der Waals surface area contributed by atoms with Crippen LogP contribution in [0.4, 0.5) is 0 Å². The van der Waals surface area contributed by atoms with E-state index in [9.17, 15) is 9.59 Å². The summed E-state index contributed by atoms with van der Waals surface area (Å²) in [6, 6.07) is 9.24. The van der Waals surface area contributed by atoms with Crippen LogP contribution in [0.5, 0.6) is 11.5 Å². The van der Waals surface area contributed by atoms with Crippen LogP contribution in [0.3, 0.4) is 0 Å². The number of nitrogens with zero attached hydrogens (tertiary/aromatic N) is 2. The molecule has 8 nitrogen and oxygen atoms in total. The number of hydrogen-bond donors (Lipinski definition) is 0. The van der Waals surface area contributed by atoms with E-state index in [1.54, 1.807) is 18.9 Å². The first kappa shape index (κ1) is 23.0. The molecule has 1 aromatic heterocycles. The summed E-state index contributed by atoms with van der Waals surface area (Å²) >= 11 is 5.98. The monoisotopic (exact) mass is 450 g/mol. The van der Waals surface area contributed by atoms with Crippen LogP contribution in [0.2, 0.25) is 0 Å². The minimum absolute atomic E-state index is 0.108. The van der Waals surface area contributed by atoms with E-state index in [1.807, 2.05) is 37.3 Å². The summed E-state index contributed by atoms with van der Waals surface area (Å²) in [6.07, 6.45) is 0. The van der Waals surface area contributed by atoms with Gasteiger partial charge in [0.05, 0.1) is 19.7 Å². The van der Waals surface area contributed by atoms with Gasteiger partial charge in [0, 0.05) is 20.2 Å². The molecule has 0 saturated heterocycles. The van der Waals surface area contributed by atoms with Crippen LogP contribution < -0.4 is 9.47 Å². The van der Waals surface area contributed by atoms with Crippen molar-refractivity contribution in [2.75, 3.05) is 33.6 Å². The molecule has 0 aliphatic carbocycles. The van der Waals surface area contributed by atoms with Gasteiger partial charge < -0.3 is 28.4 Å². The number of aryl methyl sites for hydroxylation is 1. The van der Waals surface area contributed by atoms with Crippen molar-refractivity contribution >= 4 is 23.4 Å². The first-order valence-corrected chi connectivity index (χ1v) is 10.4. The lowest BCUT2D eigenvalue weighted by molar-refractivity contribution is -0.141. The molecule has 0 N–H and O–H groups in total. The molecule has 1 aliphatic heterocycles. The third-order valence-corrected chi connectivity index (χ3v) is 5.04. The predicted octanol–water partition coefficient (Wildman–Crippen LogP) is 2.95. The van der Waals surface area contributed by atoms with Gasteiger partial charge in [-0.25, -0.2) is 0 Å². The highest BCUT2D eigenvalue weighted by Crippen LogP contribution is 2.33. The quantitative estimate of drug-likeness (QED) is 0.518. The Hall–Kier alpha value is -2.71. The van der Waals surface area contributed by atoms with Gasteiger partial charge in [-0.15, -0.1) is 11.6 Å². The maximum Gasteiger partial charge on any atom is 0.242 e. The van der Waals surface area contributed by atoms with Crippen molar-refractivity contribution in [1.82, 2.24) is 9.80 Å². The molecule has 0 fully saturated rings. The summed E-state index contributed by atoms with van der Waals surface area (Å²) in [5.41, 5.74) is 0.876. The van der Waals surface area contributed by atoms with E-state index in [0.717, 1.165) is 11.3 Å². The Balaban J connectivity index is 1.78. The first-order chi connectivity index (χ1) is 14.9. The van der Waals surface area contributed by atoms with E-state index in [1.165, 1.54) is 4.90 Å². The van der Waals surface area contributed by atoms with Gasteiger partial charge in [0.25, 0.3) is 0 Å². The molecule has 31 heavy (non-hydrogen) atoms.